The maximum Gasteiger partial charge on any atom is 0.265 e. The molecular formula is C15H23N5O2. The highest BCUT2D eigenvalue weighted by atomic mass is 16.7. The Labute approximate surface area is 130 Å². The molecule has 4 heterocycles. The number of hydrogen-bond acceptors (Lipinski definition) is 5. The minimum atomic E-state index is -0.122. The molecule has 2 saturated heterocycles. The van der Waals surface area contributed by atoms with Gasteiger partial charge in [-0.05, 0) is 32.7 Å². The van der Waals surface area contributed by atoms with E-state index in [9.17, 15) is 4.79 Å². The van der Waals surface area contributed by atoms with Crippen molar-refractivity contribution in [3.8, 4) is 0 Å². The van der Waals surface area contributed by atoms with Crippen LogP contribution in [0.2, 0.25) is 0 Å². The van der Waals surface area contributed by atoms with Crippen LogP contribution < -0.4 is 0 Å². The first-order chi connectivity index (χ1) is 10.8. The van der Waals surface area contributed by atoms with Gasteiger partial charge in [0, 0.05) is 32.0 Å². The number of likely N-dealkylation sites (tertiary alicyclic amines) is 1. The zero-order chi connectivity index (χ0) is 15.1. The molecule has 2 atom stereocenters. The van der Waals surface area contributed by atoms with Crippen molar-refractivity contribution in [1.29, 1.82) is 0 Å². The monoisotopic (exact) mass is 305 g/mol. The van der Waals surface area contributed by atoms with E-state index in [0.29, 0.717) is 19.1 Å². The maximum absolute atomic E-state index is 12.3. The van der Waals surface area contributed by atoms with Crippen LogP contribution in [-0.2, 0) is 22.6 Å². The number of hydroxylamine groups is 2. The van der Waals surface area contributed by atoms with E-state index < -0.39 is 0 Å². The Kier molecular flexibility index (Phi) is 3.62. The molecule has 0 aliphatic carbocycles. The van der Waals surface area contributed by atoms with Gasteiger partial charge in [-0.1, -0.05) is 0 Å². The van der Waals surface area contributed by atoms with Crippen LogP contribution in [0.25, 0.3) is 0 Å². The highest BCUT2D eigenvalue weighted by Gasteiger charge is 2.39. The van der Waals surface area contributed by atoms with Crippen molar-refractivity contribution in [3.63, 3.8) is 0 Å². The third-order valence-corrected chi connectivity index (χ3v) is 5.10. The Bertz CT molecular complexity index is 572. The summed E-state index contributed by atoms with van der Waals surface area (Å²) in [7, 11) is 0. The molecule has 7 heteroatoms. The van der Waals surface area contributed by atoms with E-state index in [1.165, 1.54) is 11.5 Å². The van der Waals surface area contributed by atoms with Gasteiger partial charge in [0.1, 0.15) is 17.7 Å². The van der Waals surface area contributed by atoms with Gasteiger partial charge in [0.2, 0.25) is 0 Å². The third kappa shape index (κ3) is 2.23. The number of hydrogen-bond donors (Lipinski definition) is 0. The standard InChI is InChI=1S/C15H23N5O2/c1-2-20-15(21)12(10-22-20)18-7-3-5-11(9-18)14-17-16-13-6-4-8-19(13)14/h11-12H,2-10H2,1H3/t11-,12-/m1/s1. The molecule has 3 aliphatic heterocycles. The minimum absolute atomic E-state index is 0.106. The predicted molar refractivity (Wildman–Crippen MR) is 79.0 cm³/mol. The molecule has 4 rings (SSSR count). The number of fused-ring (bicyclic) bond motifs is 1. The number of likely N-dealkylation sites (N-methyl/N-ethyl adjacent to an activating group) is 1. The Balaban J connectivity index is 1.49. The minimum Gasteiger partial charge on any atom is -0.315 e. The number of aromatic nitrogens is 3. The Morgan fingerprint density at radius 2 is 2.18 bits per heavy atom. The molecule has 0 saturated carbocycles. The van der Waals surface area contributed by atoms with Crippen LogP contribution >= 0.6 is 0 Å². The fraction of sp³-hybridized carbons (Fsp3) is 0.800. The fourth-order valence-electron chi connectivity index (χ4n) is 3.95. The Morgan fingerprint density at radius 3 is 3.00 bits per heavy atom. The molecule has 1 aromatic heterocycles. The second-order valence-corrected chi connectivity index (χ2v) is 6.41. The van der Waals surface area contributed by atoms with E-state index in [0.717, 1.165) is 50.5 Å². The lowest BCUT2D eigenvalue weighted by Gasteiger charge is -2.34. The summed E-state index contributed by atoms with van der Waals surface area (Å²) in [4.78, 5) is 20.1. The van der Waals surface area contributed by atoms with Crippen molar-refractivity contribution < 1.29 is 9.63 Å². The van der Waals surface area contributed by atoms with Gasteiger partial charge < -0.3 is 4.57 Å². The van der Waals surface area contributed by atoms with Crippen LogP contribution in [0.15, 0.2) is 0 Å². The van der Waals surface area contributed by atoms with Crippen LogP contribution in [0.3, 0.4) is 0 Å². The number of carbonyl (C=O) groups excluding carboxylic acids is 1. The van der Waals surface area contributed by atoms with E-state index in [4.69, 9.17) is 4.84 Å². The van der Waals surface area contributed by atoms with Gasteiger partial charge in [-0.25, -0.2) is 5.06 Å². The topological polar surface area (TPSA) is 63.5 Å². The van der Waals surface area contributed by atoms with Crippen LogP contribution in [0.4, 0.5) is 0 Å². The largest absolute Gasteiger partial charge is 0.315 e. The van der Waals surface area contributed by atoms with Gasteiger partial charge >= 0.3 is 0 Å². The molecule has 1 amide bonds. The quantitative estimate of drug-likeness (QED) is 0.817. The van der Waals surface area contributed by atoms with Crippen LogP contribution in [0, 0.1) is 0 Å². The maximum atomic E-state index is 12.3. The molecule has 2 fully saturated rings. The van der Waals surface area contributed by atoms with Crippen molar-refractivity contribution in [3.05, 3.63) is 11.6 Å². The lowest BCUT2D eigenvalue weighted by molar-refractivity contribution is -0.160. The van der Waals surface area contributed by atoms with E-state index >= 15 is 0 Å². The second kappa shape index (κ2) is 5.62. The number of carbonyl (C=O) groups is 1. The van der Waals surface area contributed by atoms with Gasteiger partial charge in [-0.15, -0.1) is 10.2 Å². The molecule has 1 aromatic rings. The van der Waals surface area contributed by atoms with Gasteiger partial charge in [0.15, 0.2) is 0 Å². The molecule has 0 unspecified atom stereocenters. The molecule has 0 spiro atoms. The Morgan fingerprint density at radius 1 is 1.27 bits per heavy atom. The van der Waals surface area contributed by atoms with E-state index in [1.807, 2.05) is 6.92 Å². The average Bonchev–Trinajstić information content (AvgIpc) is 3.22. The highest BCUT2D eigenvalue weighted by molar-refractivity contribution is 5.82. The summed E-state index contributed by atoms with van der Waals surface area (Å²) in [5, 5.41) is 10.3. The van der Waals surface area contributed by atoms with Crippen molar-refractivity contribution >= 4 is 5.91 Å². The zero-order valence-corrected chi connectivity index (χ0v) is 13.1. The highest BCUT2D eigenvalue weighted by Crippen LogP contribution is 2.30. The summed E-state index contributed by atoms with van der Waals surface area (Å²) in [6.07, 6.45) is 4.45. The number of aryl methyl sites for hydroxylation is 1. The van der Waals surface area contributed by atoms with Crippen molar-refractivity contribution in [1.82, 2.24) is 24.7 Å². The molecular weight excluding hydrogens is 282 g/mol. The van der Waals surface area contributed by atoms with Gasteiger partial charge in [-0.3, -0.25) is 14.5 Å². The molecule has 0 bridgehead atoms. The predicted octanol–water partition coefficient (Wildman–Crippen LogP) is 0.566. The van der Waals surface area contributed by atoms with E-state index in [2.05, 4.69) is 19.7 Å². The van der Waals surface area contributed by atoms with Gasteiger partial charge in [0.05, 0.1) is 6.61 Å². The van der Waals surface area contributed by atoms with Crippen LogP contribution in [-0.4, -0.2) is 62.9 Å². The molecule has 0 N–H and O–H groups in total. The van der Waals surface area contributed by atoms with Crippen LogP contribution in [0.5, 0.6) is 0 Å². The molecule has 7 nitrogen and oxygen atoms in total. The lowest BCUT2D eigenvalue weighted by Crippen LogP contribution is -2.47. The molecule has 3 aliphatic rings. The number of piperidine rings is 1. The summed E-state index contributed by atoms with van der Waals surface area (Å²) in [6.45, 7) is 5.94. The SMILES string of the molecule is CCN1OC[C@@H](N2CCC[C@@H](c3nnc4n3CCC4)C2)C1=O. The summed E-state index contributed by atoms with van der Waals surface area (Å²) in [5.74, 6) is 2.74. The summed E-state index contributed by atoms with van der Waals surface area (Å²) < 4.78 is 2.29. The van der Waals surface area contributed by atoms with E-state index in [-0.39, 0.29) is 11.9 Å². The number of amides is 1. The summed E-state index contributed by atoms with van der Waals surface area (Å²) in [5.41, 5.74) is 0. The second-order valence-electron chi connectivity index (χ2n) is 6.41. The van der Waals surface area contributed by atoms with Gasteiger partial charge in [0.25, 0.3) is 5.91 Å². The summed E-state index contributed by atoms with van der Waals surface area (Å²) in [6, 6.07) is -0.122. The van der Waals surface area contributed by atoms with Crippen molar-refractivity contribution in [2.24, 2.45) is 0 Å². The number of rotatable bonds is 3. The van der Waals surface area contributed by atoms with Crippen LogP contribution in [0.1, 0.15) is 43.8 Å². The fourth-order valence-corrected chi connectivity index (χ4v) is 3.95. The van der Waals surface area contributed by atoms with E-state index in [1.54, 1.807) is 0 Å². The summed E-state index contributed by atoms with van der Waals surface area (Å²) >= 11 is 0. The molecule has 120 valence electrons. The first kappa shape index (κ1) is 14.1. The smallest absolute Gasteiger partial charge is 0.265 e. The third-order valence-electron chi connectivity index (χ3n) is 5.10. The first-order valence-corrected chi connectivity index (χ1v) is 8.38. The molecule has 0 radical (unpaired) electrons. The average molecular weight is 305 g/mol. The van der Waals surface area contributed by atoms with Crippen molar-refractivity contribution in [2.45, 2.75) is 51.1 Å². The number of nitrogens with zero attached hydrogens (tertiary/aromatic N) is 5. The van der Waals surface area contributed by atoms with Gasteiger partial charge in [-0.2, -0.15) is 0 Å². The Hall–Kier alpha value is -1.47. The lowest BCUT2D eigenvalue weighted by atomic mass is 9.95. The first-order valence-electron chi connectivity index (χ1n) is 8.38. The zero-order valence-electron chi connectivity index (χ0n) is 13.1. The molecule has 0 aromatic carbocycles. The molecule has 22 heavy (non-hydrogen) atoms. The normalized spacial score (nSPS) is 29.3. The van der Waals surface area contributed by atoms with Crippen molar-refractivity contribution in [2.75, 3.05) is 26.2 Å².